The predicted octanol–water partition coefficient (Wildman–Crippen LogP) is 2.17. The van der Waals surface area contributed by atoms with E-state index < -0.39 is 0 Å². The number of hydrogen-bond donors (Lipinski definition) is 1. The molecule has 4 heteroatoms. The Kier molecular flexibility index (Phi) is 3.46. The Bertz CT molecular complexity index is 593. The predicted molar refractivity (Wildman–Crippen MR) is 70.2 cm³/mol. The van der Waals surface area contributed by atoms with Gasteiger partial charge < -0.3 is 9.78 Å². The maximum absolute atomic E-state index is 11.6. The first-order chi connectivity index (χ1) is 8.63. The highest BCUT2D eigenvalue weighted by Crippen LogP contribution is 2.19. The van der Waals surface area contributed by atoms with Crippen LogP contribution >= 0.6 is 0 Å². The van der Waals surface area contributed by atoms with Crippen molar-refractivity contribution in [1.82, 2.24) is 9.55 Å². The fraction of sp³-hybridized carbons (Fsp3) is 0.286. The molecule has 0 saturated heterocycles. The number of carbonyl (C=O) groups excluding carboxylic acids is 1. The second-order valence-corrected chi connectivity index (χ2v) is 4.47. The van der Waals surface area contributed by atoms with Gasteiger partial charge in [0.05, 0.1) is 5.69 Å². The van der Waals surface area contributed by atoms with E-state index in [-0.39, 0.29) is 11.6 Å². The molecule has 0 aliphatic heterocycles. The average Bonchev–Trinajstić information content (AvgIpc) is 2.70. The van der Waals surface area contributed by atoms with Crippen LogP contribution in [0.25, 0.3) is 5.69 Å². The lowest BCUT2D eigenvalue weighted by Crippen LogP contribution is -2.15. The van der Waals surface area contributed by atoms with Gasteiger partial charge in [0, 0.05) is 18.3 Å². The van der Waals surface area contributed by atoms with E-state index in [4.69, 9.17) is 0 Å². The van der Waals surface area contributed by atoms with E-state index in [1.807, 2.05) is 38.1 Å². The summed E-state index contributed by atoms with van der Waals surface area (Å²) >= 11 is 0. The van der Waals surface area contributed by atoms with Crippen LogP contribution in [0.2, 0.25) is 0 Å². The van der Waals surface area contributed by atoms with Crippen molar-refractivity contribution in [3.8, 4) is 5.69 Å². The Labute approximate surface area is 105 Å². The second-order valence-electron chi connectivity index (χ2n) is 4.47. The molecule has 2 aromatic rings. The Morgan fingerprint density at radius 3 is 2.50 bits per heavy atom. The summed E-state index contributed by atoms with van der Waals surface area (Å²) in [5.41, 5.74) is 2.67. The van der Waals surface area contributed by atoms with Gasteiger partial charge in [-0.1, -0.05) is 19.1 Å². The molecule has 0 spiro atoms. The zero-order valence-electron chi connectivity index (χ0n) is 10.5. The highest BCUT2D eigenvalue weighted by Gasteiger charge is 2.07. The Hall–Kier alpha value is -2.10. The molecule has 1 unspecified atom stereocenters. The first-order valence-electron chi connectivity index (χ1n) is 5.94. The number of aryl methyl sites for hydroxylation is 1. The smallest absolute Gasteiger partial charge is 0.312 e. The molecule has 94 valence electrons. The number of aromatic amines is 1. The Morgan fingerprint density at radius 2 is 2.00 bits per heavy atom. The summed E-state index contributed by atoms with van der Waals surface area (Å²) in [5.74, 6) is 0.209. The number of carbonyl (C=O) groups is 1. The molecule has 0 saturated carbocycles. The molecule has 2 rings (SSSR count). The van der Waals surface area contributed by atoms with E-state index in [0.29, 0.717) is 6.42 Å². The number of aldehydes is 1. The van der Waals surface area contributed by atoms with Gasteiger partial charge in [-0.25, -0.2) is 4.79 Å². The summed E-state index contributed by atoms with van der Waals surface area (Å²) in [7, 11) is 0. The lowest BCUT2D eigenvalue weighted by atomic mass is 9.98. The summed E-state index contributed by atoms with van der Waals surface area (Å²) in [6.07, 6.45) is 3.13. The molecular weight excluding hydrogens is 228 g/mol. The molecule has 0 bridgehead atoms. The normalized spacial score (nSPS) is 12.3. The highest BCUT2D eigenvalue weighted by atomic mass is 16.1. The molecular formula is C14H16N2O2. The van der Waals surface area contributed by atoms with Crippen LogP contribution in [0.1, 0.15) is 30.5 Å². The van der Waals surface area contributed by atoms with Crippen molar-refractivity contribution in [1.29, 1.82) is 0 Å². The fourth-order valence-electron chi connectivity index (χ4n) is 2.01. The van der Waals surface area contributed by atoms with Crippen LogP contribution < -0.4 is 5.69 Å². The number of aromatic nitrogens is 2. The van der Waals surface area contributed by atoms with Gasteiger partial charge in [-0.05, 0) is 30.5 Å². The summed E-state index contributed by atoms with van der Waals surface area (Å²) < 4.78 is 1.62. The van der Waals surface area contributed by atoms with Gasteiger partial charge in [-0.3, -0.25) is 4.57 Å². The van der Waals surface area contributed by atoms with E-state index in [1.165, 1.54) is 0 Å². The first kappa shape index (κ1) is 12.4. The molecule has 1 heterocycles. The number of imidazole rings is 1. The van der Waals surface area contributed by atoms with Crippen molar-refractivity contribution < 1.29 is 4.79 Å². The molecule has 1 atom stereocenters. The molecule has 1 N–H and O–H groups in total. The molecule has 1 aromatic heterocycles. The van der Waals surface area contributed by atoms with Crippen LogP contribution in [-0.4, -0.2) is 15.8 Å². The maximum Gasteiger partial charge on any atom is 0.330 e. The van der Waals surface area contributed by atoms with Gasteiger partial charge in [-0.2, -0.15) is 0 Å². The second kappa shape index (κ2) is 5.04. The zero-order chi connectivity index (χ0) is 13.1. The fourth-order valence-corrected chi connectivity index (χ4v) is 2.01. The van der Waals surface area contributed by atoms with Crippen molar-refractivity contribution in [3.05, 3.63) is 52.2 Å². The zero-order valence-corrected chi connectivity index (χ0v) is 10.5. The van der Waals surface area contributed by atoms with Crippen molar-refractivity contribution >= 4 is 6.29 Å². The average molecular weight is 244 g/mol. The standard InChI is InChI=1S/C14H16N2O2/c1-10(7-8-17)12-3-5-13(6-4-12)16-11(2)9-15-14(16)18/h3-6,8-10H,7H2,1-2H3,(H,15,18). The third-order valence-electron chi connectivity index (χ3n) is 3.13. The van der Waals surface area contributed by atoms with Crippen molar-refractivity contribution in [3.63, 3.8) is 0 Å². The number of nitrogens with zero attached hydrogens (tertiary/aromatic N) is 1. The van der Waals surface area contributed by atoms with E-state index >= 15 is 0 Å². The number of nitrogens with one attached hydrogen (secondary N) is 1. The highest BCUT2D eigenvalue weighted by molar-refractivity contribution is 5.51. The van der Waals surface area contributed by atoms with Crippen LogP contribution in [0, 0.1) is 6.92 Å². The van der Waals surface area contributed by atoms with Gasteiger partial charge in [0.2, 0.25) is 0 Å². The number of benzene rings is 1. The quantitative estimate of drug-likeness (QED) is 0.838. The summed E-state index contributed by atoms with van der Waals surface area (Å²) in [4.78, 5) is 24.8. The SMILES string of the molecule is Cc1c[nH]c(=O)n1-c1ccc(C(C)CC=O)cc1. The van der Waals surface area contributed by atoms with Crippen LogP contribution in [0.3, 0.4) is 0 Å². The van der Waals surface area contributed by atoms with Gasteiger partial charge in [-0.15, -0.1) is 0 Å². The van der Waals surface area contributed by atoms with E-state index in [2.05, 4.69) is 4.98 Å². The number of rotatable bonds is 4. The summed E-state index contributed by atoms with van der Waals surface area (Å²) in [5, 5.41) is 0. The minimum absolute atomic E-state index is 0.138. The first-order valence-corrected chi connectivity index (χ1v) is 5.94. The molecule has 18 heavy (non-hydrogen) atoms. The van der Waals surface area contributed by atoms with Gasteiger partial charge in [0.1, 0.15) is 6.29 Å². The number of H-pyrrole nitrogens is 1. The van der Waals surface area contributed by atoms with Crippen LogP contribution in [0.15, 0.2) is 35.3 Å². The van der Waals surface area contributed by atoms with E-state index in [1.54, 1.807) is 10.8 Å². The molecule has 0 radical (unpaired) electrons. The minimum Gasteiger partial charge on any atom is -0.312 e. The van der Waals surface area contributed by atoms with Gasteiger partial charge in [0.15, 0.2) is 0 Å². The third-order valence-corrected chi connectivity index (χ3v) is 3.13. The summed E-state index contributed by atoms with van der Waals surface area (Å²) in [6.45, 7) is 3.89. The lowest BCUT2D eigenvalue weighted by Gasteiger charge is -2.10. The van der Waals surface area contributed by atoms with Crippen LogP contribution in [-0.2, 0) is 4.79 Å². The number of hydrogen-bond acceptors (Lipinski definition) is 2. The minimum atomic E-state index is -0.138. The molecule has 4 nitrogen and oxygen atoms in total. The van der Waals surface area contributed by atoms with Gasteiger partial charge >= 0.3 is 5.69 Å². The molecule has 0 aliphatic carbocycles. The van der Waals surface area contributed by atoms with Gasteiger partial charge in [0.25, 0.3) is 0 Å². The van der Waals surface area contributed by atoms with Crippen LogP contribution in [0.4, 0.5) is 0 Å². The monoisotopic (exact) mass is 244 g/mol. The summed E-state index contributed by atoms with van der Waals surface area (Å²) in [6, 6.07) is 7.72. The van der Waals surface area contributed by atoms with E-state index in [0.717, 1.165) is 23.2 Å². The molecule has 0 fully saturated rings. The van der Waals surface area contributed by atoms with Crippen molar-refractivity contribution in [2.75, 3.05) is 0 Å². The van der Waals surface area contributed by atoms with E-state index in [9.17, 15) is 9.59 Å². The van der Waals surface area contributed by atoms with Crippen molar-refractivity contribution in [2.45, 2.75) is 26.2 Å². The largest absolute Gasteiger partial charge is 0.330 e. The topological polar surface area (TPSA) is 54.9 Å². The molecule has 0 aliphatic rings. The lowest BCUT2D eigenvalue weighted by molar-refractivity contribution is -0.108. The Morgan fingerprint density at radius 1 is 1.33 bits per heavy atom. The Balaban J connectivity index is 2.33. The van der Waals surface area contributed by atoms with Crippen molar-refractivity contribution in [2.24, 2.45) is 0 Å². The third kappa shape index (κ3) is 2.27. The van der Waals surface area contributed by atoms with Crippen LogP contribution in [0.5, 0.6) is 0 Å². The maximum atomic E-state index is 11.6. The molecule has 1 aromatic carbocycles. The molecule has 0 amide bonds.